The highest BCUT2D eigenvalue weighted by atomic mass is 15.5. The number of hydrogen-bond donors (Lipinski definition) is 1. The lowest BCUT2D eigenvalue weighted by atomic mass is 9.98. The van der Waals surface area contributed by atoms with Crippen molar-refractivity contribution in [1.82, 2.24) is 10.4 Å². The van der Waals surface area contributed by atoms with Gasteiger partial charge in [0.1, 0.15) is 7.85 Å². The minimum absolute atomic E-state index is 0.788. The van der Waals surface area contributed by atoms with Crippen molar-refractivity contribution in [3.05, 3.63) is 11.7 Å². The van der Waals surface area contributed by atoms with Crippen molar-refractivity contribution in [2.24, 2.45) is 0 Å². The van der Waals surface area contributed by atoms with Crippen LogP contribution in [0.4, 0.5) is 0 Å². The van der Waals surface area contributed by atoms with Crippen LogP contribution >= 0.6 is 0 Å². The summed E-state index contributed by atoms with van der Waals surface area (Å²) in [4.78, 5) is 0. The second-order valence-corrected chi connectivity index (χ2v) is 1.65. The summed E-state index contributed by atoms with van der Waals surface area (Å²) in [6.07, 6.45) is 1.86. The summed E-state index contributed by atoms with van der Waals surface area (Å²) in [6, 6.07) is 0. The predicted molar refractivity (Wildman–Crippen MR) is 29.6 cm³/mol. The molecule has 0 bridgehead atoms. The van der Waals surface area contributed by atoms with E-state index in [1.54, 1.807) is 0 Å². The first-order valence-electron chi connectivity index (χ1n) is 2.21. The fourth-order valence-corrected chi connectivity index (χ4v) is 0.556. The van der Waals surface area contributed by atoms with Gasteiger partial charge in [0, 0.05) is 19.8 Å². The van der Waals surface area contributed by atoms with E-state index in [4.69, 9.17) is 7.85 Å². The summed E-state index contributed by atoms with van der Waals surface area (Å²) in [5.74, 6) is 0. The summed E-state index contributed by atoms with van der Waals surface area (Å²) < 4.78 is 0. The van der Waals surface area contributed by atoms with Gasteiger partial charge in [-0.05, 0) is 0 Å². The highest BCUT2D eigenvalue weighted by Gasteiger charge is 1.99. The van der Waals surface area contributed by atoms with E-state index in [9.17, 15) is 0 Å². The van der Waals surface area contributed by atoms with Crippen molar-refractivity contribution in [3.8, 4) is 0 Å². The maximum atomic E-state index is 5.38. The lowest BCUT2D eigenvalue weighted by molar-refractivity contribution is 0.374. The van der Waals surface area contributed by atoms with Crippen LogP contribution in [0.15, 0.2) is 11.7 Å². The van der Waals surface area contributed by atoms with Crippen LogP contribution in [0.5, 0.6) is 0 Å². The Morgan fingerprint density at radius 3 is 2.86 bits per heavy atom. The summed E-state index contributed by atoms with van der Waals surface area (Å²) in [5, 5.41) is 1.84. The van der Waals surface area contributed by atoms with E-state index in [0.717, 1.165) is 12.0 Å². The molecule has 36 valence electrons. The molecule has 1 heterocycles. The maximum absolute atomic E-state index is 5.38. The molecular weight excluding hydrogens is 86.9 g/mol. The number of hydrogen-bond acceptors (Lipinski definition) is 2. The van der Waals surface area contributed by atoms with Gasteiger partial charge < -0.3 is 5.01 Å². The minimum atomic E-state index is 0.788. The Balaban J connectivity index is 2.50. The van der Waals surface area contributed by atoms with Gasteiger partial charge in [-0.3, -0.25) is 0 Å². The molecule has 2 radical (unpaired) electrons. The summed E-state index contributed by atoms with van der Waals surface area (Å²) in [7, 11) is 7.30. The molecule has 0 atom stereocenters. The standard InChI is InChI=1S/C4H7BN2/c1-7-3-4(5)2-6-7/h3,6H,2H2,1H3. The molecule has 0 spiro atoms. The Hall–Kier alpha value is -0.435. The fourth-order valence-electron chi connectivity index (χ4n) is 0.556. The Morgan fingerprint density at radius 2 is 2.71 bits per heavy atom. The molecule has 1 rings (SSSR count). The van der Waals surface area contributed by atoms with Crippen LogP contribution in [-0.4, -0.2) is 26.4 Å². The first kappa shape index (κ1) is 4.72. The fraction of sp³-hybridized carbons (Fsp3) is 0.500. The monoisotopic (exact) mass is 94.1 g/mol. The normalized spacial score (nSPS) is 20.1. The number of nitrogens with one attached hydrogen (secondary N) is 1. The quantitative estimate of drug-likeness (QED) is 0.405. The van der Waals surface area contributed by atoms with Crippen molar-refractivity contribution in [3.63, 3.8) is 0 Å². The molecule has 7 heavy (non-hydrogen) atoms. The molecule has 0 unspecified atom stereocenters. The van der Waals surface area contributed by atoms with Crippen molar-refractivity contribution in [2.45, 2.75) is 0 Å². The van der Waals surface area contributed by atoms with Gasteiger partial charge >= 0.3 is 0 Å². The van der Waals surface area contributed by atoms with Crippen LogP contribution in [-0.2, 0) is 0 Å². The molecule has 0 aromatic heterocycles. The van der Waals surface area contributed by atoms with Gasteiger partial charge in [-0.1, -0.05) is 5.47 Å². The zero-order valence-corrected chi connectivity index (χ0v) is 4.31. The van der Waals surface area contributed by atoms with Crippen molar-refractivity contribution in [1.29, 1.82) is 0 Å². The van der Waals surface area contributed by atoms with Gasteiger partial charge in [0.2, 0.25) is 0 Å². The van der Waals surface area contributed by atoms with Gasteiger partial charge in [-0.15, -0.1) is 0 Å². The predicted octanol–water partition coefficient (Wildman–Crippen LogP) is -0.554. The van der Waals surface area contributed by atoms with Crippen molar-refractivity contribution >= 4 is 7.85 Å². The summed E-state index contributed by atoms with van der Waals surface area (Å²) in [6.45, 7) is 0.788. The third-order valence-corrected chi connectivity index (χ3v) is 0.892. The molecule has 0 fully saturated rings. The Labute approximate surface area is 44.6 Å². The smallest absolute Gasteiger partial charge is 0.111 e. The Bertz CT molecular complexity index is 99.9. The second kappa shape index (κ2) is 1.58. The van der Waals surface area contributed by atoms with Gasteiger partial charge in [-0.2, -0.15) is 0 Å². The lowest BCUT2D eigenvalue weighted by Crippen LogP contribution is -2.23. The van der Waals surface area contributed by atoms with Gasteiger partial charge in [0.15, 0.2) is 0 Å². The maximum Gasteiger partial charge on any atom is 0.111 e. The van der Waals surface area contributed by atoms with E-state index in [1.807, 2.05) is 18.3 Å². The van der Waals surface area contributed by atoms with Crippen LogP contribution in [0.2, 0.25) is 0 Å². The molecule has 1 N–H and O–H groups in total. The minimum Gasteiger partial charge on any atom is -0.319 e. The van der Waals surface area contributed by atoms with E-state index in [0.29, 0.717) is 0 Å². The molecule has 0 saturated heterocycles. The molecule has 0 saturated carbocycles. The van der Waals surface area contributed by atoms with Gasteiger partial charge in [-0.25, -0.2) is 5.43 Å². The molecule has 3 heteroatoms. The van der Waals surface area contributed by atoms with Crippen molar-refractivity contribution in [2.75, 3.05) is 13.6 Å². The van der Waals surface area contributed by atoms with Gasteiger partial charge in [0.05, 0.1) is 0 Å². The average molecular weight is 93.9 g/mol. The third-order valence-electron chi connectivity index (χ3n) is 0.892. The van der Waals surface area contributed by atoms with Gasteiger partial charge in [0.25, 0.3) is 0 Å². The lowest BCUT2D eigenvalue weighted by Gasteiger charge is -2.04. The largest absolute Gasteiger partial charge is 0.319 e. The molecule has 0 aliphatic carbocycles. The third kappa shape index (κ3) is 0.964. The van der Waals surface area contributed by atoms with E-state index in [1.165, 1.54) is 0 Å². The number of nitrogens with zero attached hydrogens (tertiary/aromatic N) is 1. The molecule has 1 aliphatic heterocycles. The average Bonchev–Trinajstić information content (AvgIpc) is 1.87. The van der Waals surface area contributed by atoms with E-state index >= 15 is 0 Å². The summed E-state index contributed by atoms with van der Waals surface area (Å²) in [5.41, 5.74) is 3.88. The first-order chi connectivity index (χ1) is 3.29. The number of rotatable bonds is 0. The molecule has 1 aliphatic rings. The SMILES string of the molecule is [B]C1=CN(C)NC1. The number of hydrazine groups is 1. The molecular formula is C4H7BN2. The Kier molecular flexibility index (Phi) is 1.07. The van der Waals surface area contributed by atoms with Crippen LogP contribution < -0.4 is 5.43 Å². The van der Waals surface area contributed by atoms with Crippen molar-refractivity contribution < 1.29 is 0 Å². The van der Waals surface area contributed by atoms with Crippen LogP contribution in [0.1, 0.15) is 0 Å². The summed E-state index contributed by atoms with van der Waals surface area (Å²) >= 11 is 0. The molecule has 0 aromatic rings. The molecule has 0 aromatic carbocycles. The topological polar surface area (TPSA) is 15.3 Å². The van der Waals surface area contributed by atoms with Crippen LogP contribution in [0.3, 0.4) is 0 Å². The van der Waals surface area contributed by atoms with E-state index < -0.39 is 0 Å². The zero-order chi connectivity index (χ0) is 5.28. The molecule has 0 amide bonds. The highest BCUT2D eigenvalue weighted by molar-refractivity contribution is 6.22. The van der Waals surface area contributed by atoms with Crippen LogP contribution in [0.25, 0.3) is 0 Å². The highest BCUT2D eigenvalue weighted by Crippen LogP contribution is 1.94. The zero-order valence-electron chi connectivity index (χ0n) is 4.31. The first-order valence-corrected chi connectivity index (χ1v) is 2.21. The van der Waals surface area contributed by atoms with E-state index in [2.05, 4.69) is 5.43 Å². The van der Waals surface area contributed by atoms with Crippen LogP contribution in [0, 0.1) is 0 Å². The second-order valence-electron chi connectivity index (χ2n) is 1.65. The Morgan fingerprint density at radius 1 is 2.00 bits per heavy atom. The molecule has 2 nitrogen and oxygen atoms in total. The van der Waals surface area contributed by atoms with E-state index in [-0.39, 0.29) is 0 Å².